The van der Waals surface area contributed by atoms with Crippen molar-refractivity contribution in [3.8, 4) is 0 Å². The predicted molar refractivity (Wildman–Crippen MR) is 38.2 cm³/mol. The van der Waals surface area contributed by atoms with E-state index in [1.54, 1.807) is 5.64 Å². The molecule has 5 nitrogen and oxygen atoms in total. The van der Waals surface area contributed by atoms with E-state index in [9.17, 15) is 9.59 Å². The molecule has 0 bridgehead atoms. The summed E-state index contributed by atoms with van der Waals surface area (Å²) in [7, 11) is 0. The lowest BCUT2D eigenvalue weighted by molar-refractivity contribution is -0.189. The molecular formula is C7H7NO4. The largest absolute Gasteiger partial charge is 0.356 e. The molecule has 0 amide bonds. The van der Waals surface area contributed by atoms with Gasteiger partial charge in [-0.3, -0.25) is 0 Å². The van der Waals surface area contributed by atoms with Gasteiger partial charge in [0.05, 0.1) is 5.57 Å². The lowest BCUT2D eigenvalue weighted by Gasteiger charge is -1.98. The smallest absolute Gasteiger partial charge is 0.331 e. The first-order valence-electron chi connectivity index (χ1n) is 3.22. The summed E-state index contributed by atoms with van der Waals surface area (Å²) in [5, 5.41) is 0. The van der Waals surface area contributed by atoms with E-state index in [-0.39, 0.29) is 12.0 Å². The van der Waals surface area contributed by atoms with Gasteiger partial charge in [0.25, 0.3) is 0 Å². The highest BCUT2D eigenvalue weighted by atomic mass is 16.9. The van der Waals surface area contributed by atoms with E-state index in [1.165, 1.54) is 6.08 Å². The third-order valence-corrected chi connectivity index (χ3v) is 1.20. The van der Waals surface area contributed by atoms with Crippen LogP contribution in [0.5, 0.6) is 0 Å². The van der Waals surface area contributed by atoms with Crippen LogP contribution in [-0.2, 0) is 19.3 Å². The fourth-order valence-electron chi connectivity index (χ4n) is 0.694. The number of allylic oxidation sites excluding steroid dienone is 1. The van der Waals surface area contributed by atoms with E-state index in [0.717, 1.165) is 6.08 Å². The van der Waals surface area contributed by atoms with Crippen LogP contribution in [0, 0.1) is 0 Å². The zero-order chi connectivity index (χ0) is 8.97. The molecule has 1 aliphatic rings. The summed E-state index contributed by atoms with van der Waals surface area (Å²) in [6.07, 6.45) is 2.82. The molecule has 1 rings (SSSR count). The van der Waals surface area contributed by atoms with Gasteiger partial charge in [-0.1, -0.05) is 6.08 Å². The molecule has 1 N–H and O–H groups in total. The van der Waals surface area contributed by atoms with E-state index < -0.39 is 11.9 Å². The number of hydrogen-bond acceptors (Lipinski definition) is 5. The lowest BCUT2D eigenvalue weighted by atomic mass is 10.2. The monoisotopic (exact) mass is 169 g/mol. The Bertz CT molecular complexity index is 256. The maximum atomic E-state index is 10.9. The molecule has 1 heterocycles. The highest BCUT2D eigenvalue weighted by molar-refractivity contribution is 5.97. The molecule has 1 aliphatic heterocycles. The normalized spacial score (nSPS) is 17.2. The molecule has 0 aromatic heterocycles. The lowest BCUT2D eigenvalue weighted by Crippen LogP contribution is -2.19. The Kier molecular flexibility index (Phi) is 2.60. The van der Waals surface area contributed by atoms with Gasteiger partial charge in [-0.15, -0.1) is 6.58 Å². The first-order chi connectivity index (χ1) is 5.74. The van der Waals surface area contributed by atoms with Crippen molar-refractivity contribution in [3.05, 3.63) is 24.3 Å². The topological polar surface area (TPSA) is 64.6 Å². The second-order valence-corrected chi connectivity index (χ2v) is 2.06. The van der Waals surface area contributed by atoms with Gasteiger partial charge in [0.15, 0.2) is 0 Å². The van der Waals surface area contributed by atoms with Crippen LogP contribution in [-0.4, -0.2) is 11.9 Å². The molecular weight excluding hydrogens is 162 g/mol. The summed E-state index contributed by atoms with van der Waals surface area (Å²) >= 11 is 0. The minimum absolute atomic E-state index is 0.208. The Balaban J connectivity index is 2.80. The summed E-state index contributed by atoms with van der Waals surface area (Å²) in [4.78, 5) is 30.1. The highest BCUT2D eigenvalue weighted by Crippen LogP contribution is 2.06. The second kappa shape index (κ2) is 3.68. The summed E-state index contributed by atoms with van der Waals surface area (Å²) in [5.74, 6) is -1.31. The van der Waals surface area contributed by atoms with E-state index in [1.807, 2.05) is 0 Å². The maximum Gasteiger partial charge on any atom is 0.356 e. The van der Waals surface area contributed by atoms with Crippen molar-refractivity contribution in [2.75, 3.05) is 0 Å². The zero-order valence-corrected chi connectivity index (χ0v) is 6.20. The summed E-state index contributed by atoms with van der Waals surface area (Å²) in [5.41, 5.74) is 1.96. The van der Waals surface area contributed by atoms with Crippen LogP contribution in [0.15, 0.2) is 24.3 Å². The van der Waals surface area contributed by atoms with Crippen LogP contribution < -0.4 is 5.64 Å². The van der Waals surface area contributed by atoms with Crippen molar-refractivity contribution in [1.82, 2.24) is 5.64 Å². The third kappa shape index (κ3) is 1.93. The van der Waals surface area contributed by atoms with Crippen LogP contribution >= 0.6 is 0 Å². The number of carbonyl (C=O) groups is 2. The van der Waals surface area contributed by atoms with Gasteiger partial charge in [0.1, 0.15) is 0 Å². The number of hydrogen-bond donors (Lipinski definition) is 1. The summed E-state index contributed by atoms with van der Waals surface area (Å²) in [6, 6.07) is 0. The zero-order valence-electron chi connectivity index (χ0n) is 6.20. The van der Waals surface area contributed by atoms with Gasteiger partial charge in [-0.2, -0.15) is 0 Å². The standard InChI is InChI=1S/C7H7NO4/c1-2-3-5-4-6(9)11-8-12-7(5)10/h2,4,8H,1,3H2. The average molecular weight is 169 g/mol. The molecule has 0 fully saturated rings. The Hall–Kier alpha value is -1.62. The number of rotatable bonds is 2. The summed E-state index contributed by atoms with van der Waals surface area (Å²) in [6.45, 7) is 3.42. The maximum absolute atomic E-state index is 10.9. The first-order valence-corrected chi connectivity index (χ1v) is 3.22. The van der Waals surface area contributed by atoms with E-state index in [4.69, 9.17) is 0 Å². The van der Waals surface area contributed by atoms with Crippen molar-refractivity contribution in [3.63, 3.8) is 0 Å². The number of nitrogens with one attached hydrogen (secondary N) is 1. The first kappa shape index (κ1) is 8.48. The predicted octanol–water partition coefficient (Wildman–Crippen LogP) is 0.00850. The highest BCUT2D eigenvalue weighted by Gasteiger charge is 2.16. The SMILES string of the molecule is C=CCC1=CC(=O)ONOC1=O. The van der Waals surface area contributed by atoms with Gasteiger partial charge in [0, 0.05) is 11.7 Å². The van der Waals surface area contributed by atoms with Gasteiger partial charge in [0.2, 0.25) is 0 Å². The third-order valence-electron chi connectivity index (χ3n) is 1.20. The summed E-state index contributed by atoms with van der Waals surface area (Å²) < 4.78 is 0. The Morgan fingerprint density at radius 2 is 2.25 bits per heavy atom. The molecule has 0 saturated heterocycles. The minimum atomic E-state index is -0.669. The quantitative estimate of drug-likeness (QED) is 0.590. The van der Waals surface area contributed by atoms with Crippen molar-refractivity contribution in [1.29, 1.82) is 0 Å². The van der Waals surface area contributed by atoms with E-state index in [0.29, 0.717) is 0 Å². The fourth-order valence-corrected chi connectivity index (χ4v) is 0.694. The van der Waals surface area contributed by atoms with Crippen LogP contribution in [0.25, 0.3) is 0 Å². The van der Waals surface area contributed by atoms with Crippen molar-refractivity contribution in [2.45, 2.75) is 6.42 Å². The van der Waals surface area contributed by atoms with Crippen molar-refractivity contribution in [2.24, 2.45) is 0 Å². The Labute approximate surface area is 68.6 Å². The van der Waals surface area contributed by atoms with Crippen molar-refractivity contribution < 1.29 is 19.3 Å². The van der Waals surface area contributed by atoms with Crippen LogP contribution in [0.1, 0.15) is 6.42 Å². The second-order valence-electron chi connectivity index (χ2n) is 2.06. The average Bonchev–Trinajstić information content (AvgIpc) is 2.16. The molecule has 0 aromatic rings. The molecule has 0 spiro atoms. The van der Waals surface area contributed by atoms with Gasteiger partial charge in [-0.25, -0.2) is 9.59 Å². The molecule has 0 atom stereocenters. The van der Waals surface area contributed by atoms with Gasteiger partial charge in [-0.05, 0) is 6.42 Å². The Morgan fingerprint density at radius 3 is 2.92 bits per heavy atom. The minimum Gasteiger partial charge on any atom is -0.331 e. The Morgan fingerprint density at radius 1 is 1.50 bits per heavy atom. The molecule has 0 aromatic carbocycles. The van der Waals surface area contributed by atoms with Crippen LogP contribution in [0.2, 0.25) is 0 Å². The molecule has 12 heavy (non-hydrogen) atoms. The number of carbonyl (C=O) groups excluding carboxylic acids is 2. The van der Waals surface area contributed by atoms with Crippen LogP contribution in [0.4, 0.5) is 0 Å². The molecule has 0 unspecified atom stereocenters. The molecule has 64 valence electrons. The van der Waals surface area contributed by atoms with E-state index >= 15 is 0 Å². The molecule has 0 aliphatic carbocycles. The molecule has 0 radical (unpaired) electrons. The van der Waals surface area contributed by atoms with Crippen LogP contribution in [0.3, 0.4) is 0 Å². The van der Waals surface area contributed by atoms with Gasteiger partial charge < -0.3 is 9.68 Å². The molecule has 5 heteroatoms. The van der Waals surface area contributed by atoms with Gasteiger partial charge >= 0.3 is 11.9 Å². The molecule has 0 saturated carbocycles. The van der Waals surface area contributed by atoms with Crippen molar-refractivity contribution >= 4 is 11.9 Å². The van der Waals surface area contributed by atoms with E-state index in [2.05, 4.69) is 16.3 Å². The fraction of sp³-hybridized carbons (Fsp3) is 0.143.